The van der Waals surface area contributed by atoms with Crippen LogP contribution in [0.25, 0.3) is 5.82 Å². The van der Waals surface area contributed by atoms with Crippen molar-refractivity contribution in [3.8, 4) is 17.3 Å². The topological polar surface area (TPSA) is 86.5 Å². The maximum atomic E-state index is 12.8. The standard InChI is InChI=1S/C25H28F3N3O4/c1-3-7-20-18(16-31(30-20)22-12-11-19(15-29-22)25(26,27)28)8-4-5-13-35-24-17(14-23(32)33)9-6-10-21(24)34-2/h6,9-12,15-16H,3-5,7-8,13-14H2,1-2H3,(H,32,33). The van der Waals surface area contributed by atoms with Crippen LogP contribution in [0.5, 0.6) is 11.5 Å². The Balaban J connectivity index is 1.62. The minimum atomic E-state index is -4.44. The molecule has 0 aliphatic carbocycles. The molecule has 2 aromatic heterocycles. The maximum Gasteiger partial charge on any atom is 0.417 e. The molecule has 0 saturated heterocycles. The third kappa shape index (κ3) is 6.97. The lowest BCUT2D eigenvalue weighted by Crippen LogP contribution is -2.07. The van der Waals surface area contributed by atoms with E-state index in [1.807, 2.05) is 13.1 Å². The number of aryl methyl sites for hydroxylation is 2. The zero-order valence-corrected chi connectivity index (χ0v) is 19.6. The van der Waals surface area contributed by atoms with Crippen LogP contribution < -0.4 is 9.47 Å². The molecule has 3 rings (SSSR count). The molecule has 0 atom stereocenters. The van der Waals surface area contributed by atoms with Crippen LogP contribution in [0.4, 0.5) is 13.2 Å². The molecular formula is C25H28F3N3O4. The van der Waals surface area contributed by atoms with Crippen LogP contribution in [0.15, 0.2) is 42.7 Å². The van der Waals surface area contributed by atoms with E-state index < -0.39 is 17.7 Å². The third-order valence-corrected chi connectivity index (χ3v) is 5.38. The monoisotopic (exact) mass is 491 g/mol. The smallest absolute Gasteiger partial charge is 0.417 e. The molecule has 1 aromatic carbocycles. The molecule has 188 valence electrons. The normalized spacial score (nSPS) is 11.5. The van der Waals surface area contributed by atoms with Gasteiger partial charge >= 0.3 is 12.1 Å². The van der Waals surface area contributed by atoms with Crippen molar-refractivity contribution in [1.82, 2.24) is 14.8 Å². The number of para-hydroxylation sites is 1. The van der Waals surface area contributed by atoms with E-state index in [2.05, 4.69) is 10.1 Å². The lowest BCUT2D eigenvalue weighted by atomic mass is 10.1. The van der Waals surface area contributed by atoms with Gasteiger partial charge < -0.3 is 14.6 Å². The number of carboxylic acid groups (broad SMARTS) is 1. The van der Waals surface area contributed by atoms with Crippen molar-refractivity contribution in [3.05, 3.63) is 65.1 Å². The van der Waals surface area contributed by atoms with Crippen molar-refractivity contribution in [2.75, 3.05) is 13.7 Å². The van der Waals surface area contributed by atoms with Crippen LogP contribution in [0.2, 0.25) is 0 Å². The highest BCUT2D eigenvalue weighted by molar-refractivity contribution is 5.72. The Hall–Kier alpha value is -3.56. The Labute approximate surface area is 201 Å². The fourth-order valence-electron chi connectivity index (χ4n) is 3.69. The van der Waals surface area contributed by atoms with Crippen molar-refractivity contribution in [2.45, 2.75) is 51.6 Å². The molecule has 0 fully saturated rings. The zero-order chi connectivity index (χ0) is 25.4. The highest BCUT2D eigenvalue weighted by Crippen LogP contribution is 2.32. The summed E-state index contributed by atoms with van der Waals surface area (Å²) in [5.74, 6) is 0.294. The van der Waals surface area contributed by atoms with Crippen LogP contribution in [0.1, 0.15) is 48.6 Å². The van der Waals surface area contributed by atoms with Crippen molar-refractivity contribution >= 4 is 5.97 Å². The van der Waals surface area contributed by atoms with Gasteiger partial charge in [0.1, 0.15) is 0 Å². The fourth-order valence-corrected chi connectivity index (χ4v) is 3.69. The van der Waals surface area contributed by atoms with Gasteiger partial charge in [0.05, 0.1) is 31.4 Å². The summed E-state index contributed by atoms with van der Waals surface area (Å²) in [6, 6.07) is 7.46. The Morgan fingerprint density at radius 3 is 2.54 bits per heavy atom. The Kier molecular flexibility index (Phi) is 8.73. The maximum absolute atomic E-state index is 12.8. The Morgan fingerprint density at radius 1 is 1.11 bits per heavy atom. The molecule has 2 heterocycles. The van der Waals surface area contributed by atoms with Gasteiger partial charge in [0.15, 0.2) is 17.3 Å². The molecule has 0 aliphatic rings. The molecule has 3 aromatic rings. The quantitative estimate of drug-likeness (QED) is 0.347. The van der Waals surface area contributed by atoms with Crippen LogP contribution in [0.3, 0.4) is 0 Å². The van der Waals surface area contributed by atoms with Crippen LogP contribution in [-0.2, 0) is 30.2 Å². The highest BCUT2D eigenvalue weighted by Gasteiger charge is 2.30. The average molecular weight is 492 g/mol. The summed E-state index contributed by atoms with van der Waals surface area (Å²) in [6.07, 6.45) is 1.86. The molecule has 0 radical (unpaired) electrons. The number of carbonyl (C=O) groups is 1. The molecule has 0 aliphatic heterocycles. The van der Waals surface area contributed by atoms with Crippen LogP contribution in [-0.4, -0.2) is 39.6 Å². The van der Waals surface area contributed by atoms with Gasteiger partial charge in [-0.2, -0.15) is 18.3 Å². The summed E-state index contributed by atoms with van der Waals surface area (Å²) < 4.78 is 51.2. The largest absolute Gasteiger partial charge is 0.493 e. The minimum Gasteiger partial charge on any atom is -0.493 e. The van der Waals surface area contributed by atoms with E-state index in [0.717, 1.165) is 42.8 Å². The summed E-state index contributed by atoms with van der Waals surface area (Å²) in [4.78, 5) is 15.1. The first kappa shape index (κ1) is 26.1. The van der Waals surface area contributed by atoms with Gasteiger partial charge in [0, 0.05) is 18.0 Å². The molecule has 0 bridgehead atoms. The second kappa shape index (κ2) is 11.7. The summed E-state index contributed by atoms with van der Waals surface area (Å²) in [7, 11) is 1.51. The van der Waals surface area contributed by atoms with Crippen molar-refractivity contribution in [1.29, 1.82) is 0 Å². The second-order valence-corrected chi connectivity index (χ2v) is 8.02. The lowest BCUT2D eigenvalue weighted by molar-refractivity contribution is -0.138. The van der Waals surface area contributed by atoms with E-state index in [1.54, 1.807) is 18.2 Å². The number of rotatable bonds is 12. The molecule has 0 unspecified atom stereocenters. The summed E-state index contributed by atoms with van der Waals surface area (Å²) in [5, 5.41) is 13.7. The molecule has 35 heavy (non-hydrogen) atoms. The number of ether oxygens (including phenoxy) is 2. The molecular weight excluding hydrogens is 463 g/mol. The number of pyridine rings is 1. The van der Waals surface area contributed by atoms with Crippen molar-refractivity contribution in [3.63, 3.8) is 0 Å². The van der Waals surface area contributed by atoms with Gasteiger partial charge in [-0.3, -0.25) is 4.79 Å². The van der Waals surface area contributed by atoms with Gasteiger partial charge in [-0.1, -0.05) is 25.5 Å². The van der Waals surface area contributed by atoms with E-state index in [9.17, 15) is 18.0 Å². The number of hydrogen-bond donors (Lipinski definition) is 1. The van der Waals surface area contributed by atoms with Gasteiger partial charge in [-0.15, -0.1) is 0 Å². The SMILES string of the molecule is CCCc1nn(-c2ccc(C(F)(F)F)cn2)cc1CCCCOc1c(CC(=O)O)cccc1OC. The molecule has 0 saturated carbocycles. The van der Waals surface area contributed by atoms with E-state index in [4.69, 9.17) is 14.6 Å². The number of hydrogen-bond acceptors (Lipinski definition) is 5. The molecule has 10 heteroatoms. The number of carboxylic acids is 1. The third-order valence-electron chi connectivity index (χ3n) is 5.38. The first-order valence-electron chi connectivity index (χ1n) is 11.3. The number of methoxy groups -OCH3 is 1. The van der Waals surface area contributed by atoms with Gasteiger partial charge in [0.25, 0.3) is 0 Å². The molecule has 7 nitrogen and oxygen atoms in total. The molecule has 0 spiro atoms. The lowest BCUT2D eigenvalue weighted by Gasteiger charge is -2.14. The summed E-state index contributed by atoms with van der Waals surface area (Å²) >= 11 is 0. The number of alkyl halides is 3. The van der Waals surface area contributed by atoms with Crippen LogP contribution in [0, 0.1) is 0 Å². The zero-order valence-electron chi connectivity index (χ0n) is 19.6. The fraction of sp³-hybridized carbons (Fsp3) is 0.400. The van der Waals surface area contributed by atoms with Gasteiger partial charge in [-0.05, 0) is 49.4 Å². The van der Waals surface area contributed by atoms with Crippen molar-refractivity contribution in [2.24, 2.45) is 0 Å². The number of aliphatic carboxylic acids is 1. The first-order chi connectivity index (χ1) is 16.7. The highest BCUT2D eigenvalue weighted by atomic mass is 19.4. The Bertz CT molecular complexity index is 1130. The van der Waals surface area contributed by atoms with E-state index in [0.29, 0.717) is 42.3 Å². The number of benzene rings is 1. The summed E-state index contributed by atoms with van der Waals surface area (Å²) in [6.45, 7) is 2.42. The minimum absolute atomic E-state index is 0.163. The number of unbranched alkanes of at least 4 members (excludes halogenated alkanes) is 1. The van der Waals surface area contributed by atoms with Crippen LogP contribution >= 0.6 is 0 Å². The van der Waals surface area contributed by atoms with Crippen molar-refractivity contribution < 1.29 is 32.5 Å². The van der Waals surface area contributed by atoms with E-state index in [1.165, 1.54) is 17.9 Å². The number of nitrogens with zero attached hydrogens (tertiary/aromatic N) is 3. The number of halogens is 3. The predicted molar refractivity (Wildman–Crippen MR) is 123 cm³/mol. The van der Waals surface area contributed by atoms with E-state index in [-0.39, 0.29) is 6.42 Å². The summed E-state index contributed by atoms with van der Waals surface area (Å²) in [5.41, 5.74) is 1.65. The molecule has 1 N–H and O–H groups in total. The van der Waals surface area contributed by atoms with Gasteiger partial charge in [-0.25, -0.2) is 9.67 Å². The second-order valence-electron chi connectivity index (χ2n) is 8.02. The average Bonchev–Trinajstić information content (AvgIpc) is 3.21. The molecule has 0 amide bonds. The first-order valence-corrected chi connectivity index (χ1v) is 11.3. The van der Waals surface area contributed by atoms with Gasteiger partial charge in [0.2, 0.25) is 0 Å². The predicted octanol–water partition coefficient (Wildman–Crippen LogP) is 5.28. The number of aromatic nitrogens is 3. The van der Waals surface area contributed by atoms with E-state index >= 15 is 0 Å². The Morgan fingerprint density at radius 2 is 1.91 bits per heavy atom.